The molecule has 0 saturated carbocycles. The Morgan fingerprint density at radius 2 is 2.00 bits per heavy atom. The highest BCUT2D eigenvalue weighted by Gasteiger charge is 2.31. The van der Waals surface area contributed by atoms with Crippen LogP contribution in [0.15, 0.2) is 35.0 Å². The van der Waals surface area contributed by atoms with Crippen molar-refractivity contribution in [1.29, 1.82) is 0 Å². The van der Waals surface area contributed by atoms with Gasteiger partial charge in [0.1, 0.15) is 5.69 Å². The molecule has 0 saturated heterocycles. The minimum absolute atomic E-state index is 0.115. The summed E-state index contributed by atoms with van der Waals surface area (Å²) >= 11 is 0. The zero-order valence-electron chi connectivity index (χ0n) is 10.4. The summed E-state index contributed by atoms with van der Waals surface area (Å²) in [6.07, 6.45) is -2.69. The van der Waals surface area contributed by atoms with Gasteiger partial charge in [-0.3, -0.25) is 0 Å². The molecule has 0 spiro atoms. The van der Waals surface area contributed by atoms with Crippen LogP contribution in [0.5, 0.6) is 0 Å². The monoisotopic (exact) mass is 281 g/mol. The lowest BCUT2D eigenvalue weighted by atomic mass is 10.1. The Labute approximate surface area is 111 Å². The van der Waals surface area contributed by atoms with Crippen LogP contribution in [0.25, 0.3) is 22.2 Å². The van der Waals surface area contributed by atoms with Gasteiger partial charge in [0.15, 0.2) is 0 Å². The number of alkyl halides is 3. The number of rotatable bonds is 1. The number of aryl methyl sites for hydroxylation is 1. The Balaban J connectivity index is 2.27. The molecule has 0 fully saturated rings. The van der Waals surface area contributed by atoms with Crippen molar-refractivity contribution in [1.82, 2.24) is 9.72 Å². The summed E-state index contributed by atoms with van der Waals surface area (Å²) in [5, 5.41) is 4.20. The van der Waals surface area contributed by atoms with Gasteiger partial charge in [-0.15, -0.1) is 0 Å². The van der Waals surface area contributed by atoms with Crippen LogP contribution in [0.2, 0.25) is 0 Å². The van der Waals surface area contributed by atoms with Gasteiger partial charge in [0.2, 0.25) is 5.88 Å². The fraction of sp³-hybridized carbons (Fsp3) is 0.154. The Bertz CT molecular complexity index is 786. The van der Waals surface area contributed by atoms with E-state index >= 15 is 0 Å². The number of halogens is 3. The summed E-state index contributed by atoms with van der Waals surface area (Å²) in [4.78, 5) is 0. The van der Waals surface area contributed by atoms with Crippen LogP contribution in [-0.4, -0.2) is 9.72 Å². The first-order chi connectivity index (χ1) is 9.36. The van der Waals surface area contributed by atoms with Gasteiger partial charge < -0.3 is 14.8 Å². The van der Waals surface area contributed by atoms with E-state index in [-0.39, 0.29) is 5.88 Å². The fourth-order valence-electron chi connectivity index (χ4n) is 2.19. The first kappa shape index (κ1) is 12.6. The molecule has 0 bridgehead atoms. The second-order valence-corrected chi connectivity index (χ2v) is 4.50. The average Bonchev–Trinajstić information content (AvgIpc) is 2.93. The molecule has 20 heavy (non-hydrogen) atoms. The molecule has 7 heteroatoms. The third kappa shape index (κ3) is 1.91. The van der Waals surface area contributed by atoms with E-state index in [1.165, 1.54) is 12.1 Å². The number of nitrogens with two attached hydrogens (primary N) is 1. The SMILES string of the molecule is Cn1cc(-c2cc(N)on2)c2cc(C(F)(F)F)ccc21. The lowest BCUT2D eigenvalue weighted by Crippen LogP contribution is -2.04. The smallest absolute Gasteiger partial charge is 0.368 e. The van der Waals surface area contributed by atoms with Crippen LogP contribution in [-0.2, 0) is 13.2 Å². The third-order valence-electron chi connectivity index (χ3n) is 3.12. The van der Waals surface area contributed by atoms with E-state index in [1.807, 2.05) is 0 Å². The minimum Gasteiger partial charge on any atom is -0.368 e. The Hall–Kier alpha value is -2.44. The number of fused-ring (bicyclic) bond motifs is 1. The molecule has 1 aromatic carbocycles. The van der Waals surface area contributed by atoms with E-state index in [4.69, 9.17) is 10.3 Å². The van der Waals surface area contributed by atoms with Gasteiger partial charge in [-0.1, -0.05) is 5.16 Å². The van der Waals surface area contributed by atoms with Crippen LogP contribution in [0.3, 0.4) is 0 Å². The molecular weight excluding hydrogens is 271 g/mol. The molecule has 0 radical (unpaired) electrons. The molecule has 2 N–H and O–H groups in total. The van der Waals surface area contributed by atoms with Gasteiger partial charge in [-0.2, -0.15) is 13.2 Å². The number of hydrogen-bond acceptors (Lipinski definition) is 3. The quantitative estimate of drug-likeness (QED) is 0.743. The number of nitrogen functional groups attached to an aromatic ring is 1. The van der Waals surface area contributed by atoms with E-state index in [2.05, 4.69) is 5.16 Å². The van der Waals surface area contributed by atoms with Gasteiger partial charge in [-0.25, -0.2) is 0 Å². The normalized spacial score (nSPS) is 12.2. The van der Waals surface area contributed by atoms with Crippen molar-refractivity contribution in [2.45, 2.75) is 6.18 Å². The van der Waals surface area contributed by atoms with Crippen molar-refractivity contribution in [2.24, 2.45) is 7.05 Å². The first-order valence-corrected chi connectivity index (χ1v) is 5.75. The zero-order chi connectivity index (χ0) is 14.5. The number of nitrogens with zero attached hydrogens (tertiary/aromatic N) is 2. The second-order valence-electron chi connectivity index (χ2n) is 4.50. The summed E-state index contributed by atoms with van der Waals surface area (Å²) in [5.41, 5.74) is 6.39. The van der Waals surface area contributed by atoms with Crippen LogP contribution in [0.1, 0.15) is 5.56 Å². The maximum Gasteiger partial charge on any atom is 0.416 e. The van der Waals surface area contributed by atoms with Crippen LogP contribution < -0.4 is 5.73 Å². The topological polar surface area (TPSA) is 57.0 Å². The van der Waals surface area contributed by atoms with E-state index in [1.54, 1.807) is 17.8 Å². The van der Waals surface area contributed by atoms with Crippen molar-refractivity contribution in [2.75, 3.05) is 5.73 Å². The lowest BCUT2D eigenvalue weighted by molar-refractivity contribution is -0.137. The molecule has 0 unspecified atom stereocenters. The summed E-state index contributed by atoms with van der Waals surface area (Å²) in [7, 11) is 1.75. The Morgan fingerprint density at radius 3 is 2.60 bits per heavy atom. The highest BCUT2D eigenvalue weighted by atomic mass is 19.4. The maximum atomic E-state index is 12.8. The van der Waals surface area contributed by atoms with Gasteiger partial charge in [0.25, 0.3) is 0 Å². The zero-order valence-corrected chi connectivity index (χ0v) is 10.4. The number of anilines is 1. The number of aromatic nitrogens is 2. The predicted octanol–water partition coefficient (Wildman–Crippen LogP) is 3.43. The molecule has 2 heterocycles. The summed E-state index contributed by atoms with van der Waals surface area (Å²) < 4.78 is 44.9. The molecule has 0 amide bonds. The molecule has 0 atom stereocenters. The van der Waals surface area contributed by atoms with Crippen molar-refractivity contribution >= 4 is 16.8 Å². The molecule has 4 nitrogen and oxygen atoms in total. The van der Waals surface area contributed by atoms with Crippen molar-refractivity contribution < 1.29 is 17.7 Å². The van der Waals surface area contributed by atoms with Gasteiger partial charge in [0, 0.05) is 35.8 Å². The highest BCUT2D eigenvalue weighted by molar-refractivity contribution is 5.95. The van der Waals surface area contributed by atoms with Crippen LogP contribution >= 0.6 is 0 Å². The van der Waals surface area contributed by atoms with Gasteiger partial charge in [-0.05, 0) is 18.2 Å². The van der Waals surface area contributed by atoms with E-state index in [0.717, 1.165) is 12.1 Å². The molecule has 2 aromatic heterocycles. The molecule has 0 aliphatic heterocycles. The highest BCUT2D eigenvalue weighted by Crippen LogP contribution is 2.36. The average molecular weight is 281 g/mol. The fourth-order valence-corrected chi connectivity index (χ4v) is 2.19. The standard InChI is InChI=1S/C13H10F3N3O/c1-19-6-9(10-5-12(17)20-18-10)8-4-7(13(14,15)16)2-3-11(8)19/h2-6H,17H2,1H3. The van der Waals surface area contributed by atoms with Crippen molar-refractivity contribution in [3.05, 3.63) is 36.0 Å². The van der Waals surface area contributed by atoms with Crippen LogP contribution in [0.4, 0.5) is 19.1 Å². The number of benzene rings is 1. The molecule has 104 valence electrons. The van der Waals surface area contributed by atoms with E-state index < -0.39 is 11.7 Å². The maximum absolute atomic E-state index is 12.8. The van der Waals surface area contributed by atoms with E-state index in [0.29, 0.717) is 22.2 Å². The molecule has 3 rings (SSSR count). The molecule has 0 aliphatic carbocycles. The van der Waals surface area contributed by atoms with Crippen LogP contribution in [0, 0.1) is 0 Å². The molecule has 0 aliphatic rings. The minimum atomic E-state index is -4.38. The predicted molar refractivity (Wildman–Crippen MR) is 67.8 cm³/mol. The Morgan fingerprint density at radius 1 is 1.25 bits per heavy atom. The second kappa shape index (κ2) is 4.03. The third-order valence-corrected chi connectivity index (χ3v) is 3.12. The summed E-state index contributed by atoms with van der Waals surface area (Å²) in [6.45, 7) is 0. The summed E-state index contributed by atoms with van der Waals surface area (Å²) in [6, 6.07) is 5.08. The van der Waals surface area contributed by atoms with Gasteiger partial charge >= 0.3 is 6.18 Å². The van der Waals surface area contributed by atoms with Crippen molar-refractivity contribution in [3.8, 4) is 11.3 Å². The molecular formula is C13H10F3N3O. The van der Waals surface area contributed by atoms with Crippen molar-refractivity contribution in [3.63, 3.8) is 0 Å². The van der Waals surface area contributed by atoms with Gasteiger partial charge in [0.05, 0.1) is 5.56 Å². The largest absolute Gasteiger partial charge is 0.416 e. The summed E-state index contributed by atoms with van der Waals surface area (Å²) in [5.74, 6) is 0.115. The number of hydrogen-bond donors (Lipinski definition) is 1. The first-order valence-electron chi connectivity index (χ1n) is 5.75. The lowest BCUT2D eigenvalue weighted by Gasteiger charge is -2.07. The van der Waals surface area contributed by atoms with E-state index in [9.17, 15) is 13.2 Å². The Kier molecular flexibility index (Phi) is 2.53. The molecule has 3 aromatic rings.